The van der Waals surface area contributed by atoms with Crippen molar-refractivity contribution in [3.63, 3.8) is 0 Å². The molecular weight excluding hydrogens is 164 g/mol. The lowest BCUT2D eigenvalue weighted by Gasteiger charge is -2.03. The summed E-state index contributed by atoms with van der Waals surface area (Å²) in [5, 5.41) is 0. The molecule has 0 heterocycles. The minimum atomic E-state index is 0.409. The summed E-state index contributed by atoms with van der Waals surface area (Å²) < 4.78 is 4.61. The van der Waals surface area contributed by atoms with Crippen LogP contribution in [0.1, 0.15) is 26.7 Å². The van der Waals surface area contributed by atoms with E-state index >= 15 is 0 Å². The minimum absolute atomic E-state index is 0.409. The normalized spacial score (nSPS) is 13.5. The minimum Gasteiger partial charge on any atom is -0.463 e. The van der Waals surface area contributed by atoms with E-state index in [-0.39, 0.29) is 0 Å². The van der Waals surface area contributed by atoms with Gasteiger partial charge in [0.05, 0.1) is 0 Å². The molecule has 0 spiro atoms. The second-order valence-corrected chi connectivity index (χ2v) is 3.25. The Labute approximate surface area is 80.3 Å². The molecule has 0 amide bonds. The monoisotopic (exact) mass is 182 g/mol. The molecular formula is C11H18O2. The molecule has 0 fully saturated rings. The van der Waals surface area contributed by atoms with Crippen LogP contribution in [0.3, 0.4) is 0 Å². The number of hydrogen-bond donors (Lipinski definition) is 0. The highest BCUT2D eigenvalue weighted by Gasteiger charge is 1.94. The van der Waals surface area contributed by atoms with Gasteiger partial charge in [-0.25, -0.2) is 0 Å². The van der Waals surface area contributed by atoms with Gasteiger partial charge in [-0.05, 0) is 31.3 Å². The zero-order valence-corrected chi connectivity index (χ0v) is 8.45. The van der Waals surface area contributed by atoms with Crippen LogP contribution in [-0.2, 0) is 9.53 Å². The molecule has 2 heteroatoms. The molecule has 74 valence electrons. The van der Waals surface area contributed by atoms with E-state index in [0.717, 1.165) is 18.4 Å². The predicted molar refractivity (Wildman–Crippen MR) is 54.4 cm³/mol. The van der Waals surface area contributed by atoms with Crippen molar-refractivity contribution in [1.82, 2.24) is 0 Å². The summed E-state index contributed by atoms with van der Waals surface area (Å²) in [6, 6.07) is 0. The van der Waals surface area contributed by atoms with E-state index in [4.69, 9.17) is 0 Å². The fourth-order valence-electron chi connectivity index (χ4n) is 0.935. The van der Waals surface area contributed by atoms with E-state index in [0.29, 0.717) is 19.0 Å². The fourth-order valence-corrected chi connectivity index (χ4v) is 0.935. The van der Waals surface area contributed by atoms with Crippen LogP contribution in [0.15, 0.2) is 24.3 Å². The molecule has 0 N–H and O–H groups in total. The van der Waals surface area contributed by atoms with Crippen molar-refractivity contribution in [2.75, 3.05) is 6.61 Å². The third-order valence-electron chi connectivity index (χ3n) is 1.90. The maximum absolute atomic E-state index is 9.87. The third-order valence-corrected chi connectivity index (χ3v) is 1.90. The van der Waals surface area contributed by atoms with Gasteiger partial charge in [-0.1, -0.05) is 19.1 Å². The lowest BCUT2D eigenvalue weighted by molar-refractivity contribution is -0.127. The maximum atomic E-state index is 9.87. The molecule has 13 heavy (non-hydrogen) atoms. The fraction of sp³-hybridized carbons (Fsp3) is 0.545. The smallest absolute Gasteiger partial charge is 0.293 e. The summed E-state index contributed by atoms with van der Waals surface area (Å²) in [4.78, 5) is 9.87. The quantitative estimate of drug-likeness (QED) is 0.447. The largest absolute Gasteiger partial charge is 0.463 e. The summed E-state index contributed by atoms with van der Waals surface area (Å²) in [7, 11) is 0. The molecule has 0 aromatic carbocycles. The zero-order chi connectivity index (χ0) is 10.1. The van der Waals surface area contributed by atoms with Crippen molar-refractivity contribution >= 4 is 6.47 Å². The average molecular weight is 182 g/mol. The first-order valence-electron chi connectivity index (χ1n) is 4.54. The van der Waals surface area contributed by atoms with Gasteiger partial charge in [0.2, 0.25) is 0 Å². The van der Waals surface area contributed by atoms with E-state index < -0.39 is 0 Å². The lowest BCUT2D eigenvalue weighted by Crippen LogP contribution is -1.93. The Morgan fingerprint density at radius 2 is 2.31 bits per heavy atom. The second-order valence-electron chi connectivity index (χ2n) is 3.25. The van der Waals surface area contributed by atoms with E-state index in [9.17, 15) is 4.79 Å². The van der Waals surface area contributed by atoms with Gasteiger partial charge in [-0.2, -0.15) is 0 Å². The van der Waals surface area contributed by atoms with Crippen LogP contribution in [-0.4, -0.2) is 13.1 Å². The van der Waals surface area contributed by atoms with Crippen LogP contribution in [0.4, 0.5) is 0 Å². The van der Waals surface area contributed by atoms with Gasteiger partial charge >= 0.3 is 0 Å². The highest BCUT2D eigenvalue weighted by molar-refractivity contribution is 5.37. The Hall–Kier alpha value is -1.05. The molecule has 0 radical (unpaired) electrons. The molecule has 2 nitrogen and oxygen atoms in total. The van der Waals surface area contributed by atoms with Gasteiger partial charge in [0.25, 0.3) is 6.47 Å². The first-order chi connectivity index (χ1) is 6.20. The Bertz CT molecular complexity index is 183. The van der Waals surface area contributed by atoms with Gasteiger partial charge in [0.1, 0.15) is 6.61 Å². The van der Waals surface area contributed by atoms with Crippen LogP contribution in [0.2, 0.25) is 0 Å². The summed E-state index contributed by atoms with van der Waals surface area (Å²) in [5.74, 6) is 0.552. The van der Waals surface area contributed by atoms with Gasteiger partial charge in [-0.3, -0.25) is 4.79 Å². The van der Waals surface area contributed by atoms with Crippen molar-refractivity contribution in [2.45, 2.75) is 26.7 Å². The Morgan fingerprint density at radius 1 is 1.62 bits per heavy atom. The topological polar surface area (TPSA) is 26.3 Å². The number of ether oxygens (including phenoxy) is 1. The number of hydrogen-bond acceptors (Lipinski definition) is 2. The molecule has 0 aromatic heterocycles. The van der Waals surface area contributed by atoms with Crippen molar-refractivity contribution in [2.24, 2.45) is 5.92 Å². The van der Waals surface area contributed by atoms with Gasteiger partial charge in [0.15, 0.2) is 0 Å². The van der Waals surface area contributed by atoms with Crippen molar-refractivity contribution < 1.29 is 9.53 Å². The molecule has 1 atom stereocenters. The van der Waals surface area contributed by atoms with E-state index in [1.54, 1.807) is 0 Å². The number of allylic oxidation sites excluding steroid dienone is 2. The molecule has 0 bridgehead atoms. The third kappa shape index (κ3) is 7.32. The standard InChI is InChI=1S/C11H18O2/c1-4-10(2)6-5-7-11(3)8-13-9-12/h4,7,9-10H,1,5-6,8H2,2-3H3. The first kappa shape index (κ1) is 11.9. The predicted octanol–water partition coefficient (Wildman–Crippen LogP) is 2.71. The highest BCUT2D eigenvalue weighted by Crippen LogP contribution is 2.08. The van der Waals surface area contributed by atoms with Crippen LogP contribution >= 0.6 is 0 Å². The lowest BCUT2D eigenvalue weighted by atomic mass is 10.1. The molecule has 0 saturated carbocycles. The summed E-state index contributed by atoms with van der Waals surface area (Å²) in [6.45, 7) is 8.70. The van der Waals surface area contributed by atoms with E-state index in [2.05, 4.69) is 24.3 Å². The van der Waals surface area contributed by atoms with Crippen LogP contribution in [0.25, 0.3) is 0 Å². The summed E-state index contributed by atoms with van der Waals surface area (Å²) >= 11 is 0. The average Bonchev–Trinajstić information content (AvgIpc) is 2.14. The number of carbonyl (C=O) groups excluding carboxylic acids is 1. The van der Waals surface area contributed by atoms with E-state index in [1.807, 2.05) is 13.0 Å². The van der Waals surface area contributed by atoms with Crippen molar-refractivity contribution in [1.29, 1.82) is 0 Å². The molecule has 1 unspecified atom stereocenters. The second kappa shape index (κ2) is 7.59. The molecule has 0 saturated heterocycles. The van der Waals surface area contributed by atoms with Gasteiger partial charge in [-0.15, -0.1) is 6.58 Å². The molecule has 0 aliphatic heterocycles. The molecule has 0 aromatic rings. The molecule has 0 rings (SSSR count). The highest BCUT2D eigenvalue weighted by atomic mass is 16.5. The Kier molecular flexibility index (Phi) is 6.98. The van der Waals surface area contributed by atoms with Crippen LogP contribution < -0.4 is 0 Å². The van der Waals surface area contributed by atoms with Crippen molar-refractivity contribution in [3.8, 4) is 0 Å². The van der Waals surface area contributed by atoms with Gasteiger partial charge in [0, 0.05) is 0 Å². The van der Waals surface area contributed by atoms with Crippen LogP contribution in [0.5, 0.6) is 0 Å². The Morgan fingerprint density at radius 3 is 2.85 bits per heavy atom. The van der Waals surface area contributed by atoms with Crippen molar-refractivity contribution in [3.05, 3.63) is 24.3 Å². The SMILES string of the molecule is C=CC(C)CCC=C(C)COC=O. The summed E-state index contributed by atoms with van der Waals surface area (Å²) in [6.07, 6.45) is 6.16. The van der Waals surface area contributed by atoms with Crippen LogP contribution in [0, 0.1) is 5.92 Å². The maximum Gasteiger partial charge on any atom is 0.293 e. The zero-order valence-electron chi connectivity index (χ0n) is 8.45. The summed E-state index contributed by atoms with van der Waals surface area (Å²) in [5.41, 5.74) is 1.10. The number of carbonyl (C=O) groups is 1. The van der Waals surface area contributed by atoms with E-state index in [1.165, 1.54) is 0 Å². The molecule has 0 aliphatic rings. The number of rotatable bonds is 7. The first-order valence-corrected chi connectivity index (χ1v) is 4.54. The Balaban J connectivity index is 3.57. The molecule has 0 aliphatic carbocycles. The van der Waals surface area contributed by atoms with Gasteiger partial charge < -0.3 is 4.74 Å².